The average molecular weight is 270 g/mol. The zero-order valence-electron chi connectivity index (χ0n) is 11.1. The highest BCUT2D eigenvalue weighted by molar-refractivity contribution is 6.33. The number of anilines is 1. The van der Waals surface area contributed by atoms with Gasteiger partial charge in [-0.3, -0.25) is 0 Å². The predicted octanol–water partition coefficient (Wildman–Crippen LogP) is 4.12. The van der Waals surface area contributed by atoms with Crippen LogP contribution in [0.5, 0.6) is 0 Å². The van der Waals surface area contributed by atoms with Gasteiger partial charge in [-0.05, 0) is 31.0 Å². The minimum Gasteiger partial charge on any atom is -0.465 e. The fourth-order valence-electron chi connectivity index (χ4n) is 1.83. The van der Waals surface area contributed by atoms with Crippen LogP contribution in [0.2, 0.25) is 5.02 Å². The second-order valence-corrected chi connectivity index (χ2v) is 4.63. The lowest BCUT2D eigenvalue weighted by Gasteiger charge is -2.18. The summed E-state index contributed by atoms with van der Waals surface area (Å²) in [6.07, 6.45) is 3.21. The second kappa shape index (κ2) is 7.27. The second-order valence-electron chi connectivity index (χ2n) is 4.22. The van der Waals surface area contributed by atoms with Crippen LogP contribution in [0.1, 0.15) is 43.5 Å². The lowest BCUT2D eigenvalue weighted by Crippen LogP contribution is -2.18. The topological polar surface area (TPSA) is 38.3 Å². The summed E-state index contributed by atoms with van der Waals surface area (Å²) in [5, 5.41) is 4.00. The number of hydrogen-bond donors (Lipinski definition) is 1. The van der Waals surface area contributed by atoms with Crippen molar-refractivity contribution in [1.82, 2.24) is 0 Å². The first-order valence-electron chi connectivity index (χ1n) is 6.26. The Labute approximate surface area is 113 Å². The quantitative estimate of drug-likeness (QED) is 0.790. The maximum atomic E-state index is 11.5. The van der Waals surface area contributed by atoms with E-state index >= 15 is 0 Å². The standard InChI is InChI=1S/C14H20ClNO2/c1-4-6-11(5-2)16-13-9-10(14(17)18-3)7-8-12(13)15/h7-9,11,16H,4-6H2,1-3H3. The third-order valence-corrected chi connectivity index (χ3v) is 3.21. The molecule has 0 aliphatic heterocycles. The van der Waals surface area contributed by atoms with Crippen LogP contribution in [-0.2, 0) is 4.74 Å². The Balaban J connectivity index is 2.89. The maximum absolute atomic E-state index is 11.5. The molecule has 0 heterocycles. The number of halogens is 1. The third-order valence-electron chi connectivity index (χ3n) is 2.88. The maximum Gasteiger partial charge on any atom is 0.337 e. The summed E-state index contributed by atoms with van der Waals surface area (Å²) in [6, 6.07) is 5.50. The lowest BCUT2D eigenvalue weighted by molar-refractivity contribution is 0.0601. The number of nitrogens with one attached hydrogen (secondary N) is 1. The summed E-state index contributed by atoms with van der Waals surface area (Å²) in [4.78, 5) is 11.5. The van der Waals surface area contributed by atoms with Crippen LogP contribution < -0.4 is 5.32 Å². The van der Waals surface area contributed by atoms with Crippen molar-refractivity contribution in [3.8, 4) is 0 Å². The van der Waals surface area contributed by atoms with E-state index in [1.807, 2.05) is 0 Å². The number of esters is 1. The molecule has 0 spiro atoms. The molecule has 1 aromatic rings. The van der Waals surface area contributed by atoms with E-state index in [9.17, 15) is 4.79 Å². The van der Waals surface area contributed by atoms with Crippen LogP contribution in [0.4, 0.5) is 5.69 Å². The molecule has 100 valence electrons. The zero-order valence-corrected chi connectivity index (χ0v) is 11.9. The van der Waals surface area contributed by atoms with E-state index < -0.39 is 0 Å². The zero-order chi connectivity index (χ0) is 13.5. The van der Waals surface area contributed by atoms with E-state index in [-0.39, 0.29) is 5.97 Å². The van der Waals surface area contributed by atoms with Gasteiger partial charge in [0.15, 0.2) is 0 Å². The minimum absolute atomic E-state index is 0.349. The minimum atomic E-state index is -0.349. The summed E-state index contributed by atoms with van der Waals surface area (Å²) in [7, 11) is 1.37. The molecule has 0 radical (unpaired) electrons. The number of benzene rings is 1. The molecule has 0 aliphatic rings. The van der Waals surface area contributed by atoms with Gasteiger partial charge in [0.25, 0.3) is 0 Å². The highest BCUT2D eigenvalue weighted by atomic mass is 35.5. The van der Waals surface area contributed by atoms with E-state index in [2.05, 4.69) is 19.2 Å². The SMILES string of the molecule is CCCC(CC)Nc1cc(C(=O)OC)ccc1Cl. The molecule has 4 heteroatoms. The van der Waals surface area contributed by atoms with Crippen LogP contribution in [0.25, 0.3) is 0 Å². The molecule has 0 saturated carbocycles. The fourth-order valence-corrected chi connectivity index (χ4v) is 2.00. The van der Waals surface area contributed by atoms with Gasteiger partial charge in [-0.15, -0.1) is 0 Å². The molecule has 1 N–H and O–H groups in total. The molecule has 18 heavy (non-hydrogen) atoms. The summed E-state index contributed by atoms with van der Waals surface area (Å²) < 4.78 is 4.70. The number of methoxy groups -OCH3 is 1. The largest absolute Gasteiger partial charge is 0.465 e. The van der Waals surface area contributed by atoms with Crippen LogP contribution >= 0.6 is 11.6 Å². The van der Waals surface area contributed by atoms with E-state index in [1.165, 1.54) is 7.11 Å². The average Bonchev–Trinajstić information content (AvgIpc) is 2.39. The van der Waals surface area contributed by atoms with Gasteiger partial charge in [0.1, 0.15) is 0 Å². The Morgan fingerprint density at radius 3 is 2.72 bits per heavy atom. The number of rotatable bonds is 6. The van der Waals surface area contributed by atoms with E-state index in [0.717, 1.165) is 24.9 Å². The van der Waals surface area contributed by atoms with Crippen molar-refractivity contribution >= 4 is 23.3 Å². The molecule has 0 aromatic heterocycles. The normalized spacial score (nSPS) is 12.0. The molecule has 1 atom stereocenters. The Kier molecular flexibility index (Phi) is 5.99. The Bertz CT molecular complexity index is 407. The summed E-state index contributed by atoms with van der Waals surface area (Å²) in [5.41, 5.74) is 1.30. The molecule has 0 bridgehead atoms. The molecular weight excluding hydrogens is 250 g/mol. The Hall–Kier alpha value is -1.22. The van der Waals surface area contributed by atoms with Crippen LogP contribution in [-0.4, -0.2) is 19.1 Å². The molecule has 0 aliphatic carbocycles. The van der Waals surface area contributed by atoms with Crippen molar-refractivity contribution in [3.63, 3.8) is 0 Å². The van der Waals surface area contributed by atoms with Crippen molar-refractivity contribution in [3.05, 3.63) is 28.8 Å². The molecule has 0 amide bonds. The highest BCUT2D eigenvalue weighted by Gasteiger charge is 2.11. The number of carbonyl (C=O) groups is 1. The number of hydrogen-bond acceptors (Lipinski definition) is 3. The first kappa shape index (κ1) is 14.8. The van der Waals surface area contributed by atoms with E-state index in [0.29, 0.717) is 16.6 Å². The first-order valence-corrected chi connectivity index (χ1v) is 6.64. The lowest BCUT2D eigenvalue weighted by atomic mass is 10.1. The van der Waals surface area contributed by atoms with Crippen molar-refractivity contribution in [1.29, 1.82) is 0 Å². The van der Waals surface area contributed by atoms with Gasteiger partial charge in [-0.25, -0.2) is 4.79 Å². The molecular formula is C14H20ClNO2. The molecule has 1 unspecified atom stereocenters. The molecule has 1 rings (SSSR count). The van der Waals surface area contributed by atoms with Gasteiger partial charge < -0.3 is 10.1 Å². The third kappa shape index (κ3) is 3.91. The predicted molar refractivity (Wildman–Crippen MR) is 75.4 cm³/mol. The van der Waals surface area contributed by atoms with Gasteiger partial charge in [0, 0.05) is 6.04 Å². The monoisotopic (exact) mass is 269 g/mol. The van der Waals surface area contributed by atoms with Crippen molar-refractivity contribution in [2.75, 3.05) is 12.4 Å². The van der Waals surface area contributed by atoms with Crippen LogP contribution in [0, 0.1) is 0 Å². The van der Waals surface area contributed by atoms with Crippen molar-refractivity contribution in [2.45, 2.75) is 39.2 Å². The summed E-state index contributed by atoms with van der Waals surface area (Å²) >= 11 is 6.13. The van der Waals surface area contributed by atoms with Gasteiger partial charge in [0.2, 0.25) is 0 Å². The summed E-state index contributed by atoms with van der Waals surface area (Å²) in [5.74, 6) is -0.349. The number of carbonyl (C=O) groups excluding carboxylic acids is 1. The molecule has 0 fully saturated rings. The van der Waals surface area contributed by atoms with Crippen molar-refractivity contribution in [2.24, 2.45) is 0 Å². The Morgan fingerprint density at radius 1 is 1.44 bits per heavy atom. The number of ether oxygens (including phenoxy) is 1. The smallest absolute Gasteiger partial charge is 0.337 e. The summed E-state index contributed by atoms with van der Waals surface area (Å²) in [6.45, 7) is 4.28. The molecule has 3 nitrogen and oxygen atoms in total. The van der Waals surface area contributed by atoms with Crippen LogP contribution in [0.15, 0.2) is 18.2 Å². The van der Waals surface area contributed by atoms with Gasteiger partial charge in [0.05, 0.1) is 23.4 Å². The highest BCUT2D eigenvalue weighted by Crippen LogP contribution is 2.25. The fraction of sp³-hybridized carbons (Fsp3) is 0.500. The molecule has 0 saturated heterocycles. The van der Waals surface area contributed by atoms with Gasteiger partial charge in [-0.2, -0.15) is 0 Å². The van der Waals surface area contributed by atoms with E-state index in [1.54, 1.807) is 18.2 Å². The first-order chi connectivity index (χ1) is 8.62. The van der Waals surface area contributed by atoms with Gasteiger partial charge in [-0.1, -0.05) is 31.9 Å². The van der Waals surface area contributed by atoms with Gasteiger partial charge >= 0.3 is 5.97 Å². The van der Waals surface area contributed by atoms with E-state index in [4.69, 9.17) is 16.3 Å². The van der Waals surface area contributed by atoms with Crippen LogP contribution in [0.3, 0.4) is 0 Å². The molecule has 1 aromatic carbocycles. The van der Waals surface area contributed by atoms with Crippen molar-refractivity contribution < 1.29 is 9.53 Å². The Morgan fingerprint density at radius 2 is 2.17 bits per heavy atom.